The van der Waals surface area contributed by atoms with Crippen LogP contribution in [0.5, 0.6) is 0 Å². The van der Waals surface area contributed by atoms with Gasteiger partial charge >= 0.3 is 0 Å². The SMILES string of the molecule is CC(C)c1nnsc1C(=O)Nc1ncc(C#CCN)s1. The highest BCUT2D eigenvalue weighted by Gasteiger charge is 2.19. The number of amides is 1. The summed E-state index contributed by atoms with van der Waals surface area (Å²) in [6, 6.07) is 0. The summed E-state index contributed by atoms with van der Waals surface area (Å²) in [7, 11) is 0. The number of nitrogens with zero attached hydrogens (tertiary/aromatic N) is 3. The van der Waals surface area contributed by atoms with E-state index in [9.17, 15) is 4.79 Å². The van der Waals surface area contributed by atoms with E-state index in [1.54, 1.807) is 6.20 Å². The quantitative estimate of drug-likeness (QED) is 0.841. The Bertz CT molecular complexity index is 665. The third-order valence-electron chi connectivity index (χ3n) is 2.31. The van der Waals surface area contributed by atoms with E-state index < -0.39 is 0 Å². The lowest BCUT2D eigenvalue weighted by Crippen LogP contribution is -2.12. The van der Waals surface area contributed by atoms with E-state index in [1.807, 2.05) is 13.8 Å². The zero-order valence-corrected chi connectivity index (χ0v) is 12.6. The molecular weight excluding hydrogens is 294 g/mol. The van der Waals surface area contributed by atoms with Gasteiger partial charge in [-0.3, -0.25) is 10.1 Å². The molecule has 104 valence electrons. The number of thiazole rings is 1. The molecule has 0 radical (unpaired) electrons. The number of carbonyl (C=O) groups excluding carboxylic acids is 1. The topological polar surface area (TPSA) is 93.8 Å². The fraction of sp³-hybridized carbons (Fsp3) is 0.333. The van der Waals surface area contributed by atoms with Crippen molar-refractivity contribution in [1.29, 1.82) is 0 Å². The van der Waals surface area contributed by atoms with Gasteiger partial charge in [0.25, 0.3) is 5.91 Å². The molecule has 2 heterocycles. The van der Waals surface area contributed by atoms with Crippen molar-refractivity contribution in [1.82, 2.24) is 14.6 Å². The zero-order chi connectivity index (χ0) is 14.5. The Morgan fingerprint density at radius 3 is 3.05 bits per heavy atom. The summed E-state index contributed by atoms with van der Waals surface area (Å²) in [5, 5.41) is 7.21. The van der Waals surface area contributed by atoms with Gasteiger partial charge < -0.3 is 5.73 Å². The Balaban J connectivity index is 2.11. The van der Waals surface area contributed by atoms with E-state index in [0.29, 0.717) is 22.2 Å². The van der Waals surface area contributed by atoms with E-state index in [0.717, 1.165) is 16.4 Å². The number of rotatable bonds is 3. The second kappa shape index (κ2) is 6.56. The standard InChI is InChI=1S/C12H13N5OS2/c1-7(2)9-10(20-17-16-9)11(18)15-12-14-6-8(19-12)4-3-5-13/h6-7H,5,13H2,1-2H3,(H,14,15,18). The maximum Gasteiger partial charge on any atom is 0.271 e. The molecule has 0 aromatic carbocycles. The molecule has 0 fully saturated rings. The van der Waals surface area contributed by atoms with E-state index in [4.69, 9.17) is 5.73 Å². The summed E-state index contributed by atoms with van der Waals surface area (Å²) in [5.41, 5.74) is 6.00. The number of hydrogen-bond acceptors (Lipinski definition) is 7. The Morgan fingerprint density at radius 1 is 1.55 bits per heavy atom. The van der Waals surface area contributed by atoms with E-state index in [1.165, 1.54) is 11.3 Å². The third kappa shape index (κ3) is 3.39. The van der Waals surface area contributed by atoms with Crippen molar-refractivity contribution >= 4 is 33.9 Å². The first-order valence-corrected chi connectivity index (χ1v) is 7.49. The van der Waals surface area contributed by atoms with Gasteiger partial charge in [-0.25, -0.2) is 4.98 Å². The fourth-order valence-electron chi connectivity index (χ4n) is 1.41. The molecule has 0 aliphatic heterocycles. The van der Waals surface area contributed by atoms with Crippen LogP contribution >= 0.6 is 22.9 Å². The number of nitrogens with two attached hydrogens (primary N) is 1. The average molecular weight is 307 g/mol. The normalized spacial score (nSPS) is 10.2. The molecular formula is C12H13N5OS2. The summed E-state index contributed by atoms with van der Waals surface area (Å²) in [5.74, 6) is 5.52. The highest BCUT2D eigenvalue weighted by molar-refractivity contribution is 7.16. The molecule has 2 rings (SSSR count). The molecule has 0 unspecified atom stereocenters. The molecule has 3 N–H and O–H groups in total. The Hall–Kier alpha value is -1.82. The number of nitrogens with one attached hydrogen (secondary N) is 1. The monoisotopic (exact) mass is 307 g/mol. The average Bonchev–Trinajstić information content (AvgIpc) is 3.04. The van der Waals surface area contributed by atoms with Crippen molar-refractivity contribution in [2.75, 3.05) is 11.9 Å². The third-order valence-corrected chi connectivity index (χ3v) is 3.87. The lowest BCUT2D eigenvalue weighted by Gasteiger charge is -2.03. The number of aromatic nitrogens is 3. The van der Waals surface area contributed by atoms with Crippen molar-refractivity contribution in [3.8, 4) is 11.8 Å². The molecule has 0 saturated carbocycles. The van der Waals surface area contributed by atoms with Crippen molar-refractivity contribution in [2.24, 2.45) is 5.73 Å². The second-order valence-electron chi connectivity index (χ2n) is 4.13. The van der Waals surface area contributed by atoms with Gasteiger partial charge in [0.2, 0.25) is 0 Å². The summed E-state index contributed by atoms with van der Waals surface area (Å²) < 4.78 is 3.83. The molecule has 0 spiro atoms. The predicted molar refractivity (Wildman–Crippen MR) is 80.0 cm³/mol. The Kier molecular flexibility index (Phi) is 4.79. The van der Waals surface area contributed by atoms with Crippen LogP contribution in [0.1, 0.15) is 40.0 Å². The summed E-state index contributed by atoms with van der Waals surface area (Å²) in [6.07, 6.45) is 1.61. The molecule has 2 aromatic rings. The van der Waals surface area contributed by atoms with Crippen LogP contribution in [0.3, 0.4) is 0 Å². The van der Waals surface area contributed by atoms with E-state index in [-0.39, 0.29) is 11.8 Å². The summed E-state index contributed by atoms with van der Waals surface area (Å²) >= 11 is 2.39. The minimum atomic E-state index is -0.239. The largest absolute Gasteiger partial charge is 0.320 e. The first kappa shape index (κ1) is 14.6. The van der Waals surface area contributed by atoms with Gasteiger partial charge in [-0.15, -0.1) is 5.10 Å². The van der Waals surface area contributed by atoms with Crippen molar-refractivity contribution in [3.63, 3.8) is 0 Å². The van der Waals surface area contributed by atoms with Crippen molar-refractivity contribution in [3.05, 3.63) is 21.6 Å². The van der Waals surface area contributed by atoms with Gasteiger partial charge in [0.15, 0.2) is 5.13 Å². The molecule has 0 atom stereocenters. The van der Waals surface area contributed by atoms with Gasteiger partial charge in [-0.05, 0) is 17.5 Å². The molecule has 1 amide bonds. The minimum absolute atomic E-state index is 0.150. The lowest BCUT2D eigenvalue weighted by molar-refractivity contribution is 0.102. The number of hydrogen-bond donors (Lipinski definition) is 2. The maximum absolute atomic E-state index is 12.2. The van der Waals surface area contributed by atoms with Crippen LogP contribution in [0.4, 0.5) is 5.13 Å². The fourth-order valence-corrected chi connectivity index (χ4v) is 2.82. The molecule has 0 bridgehead atoms. The van der Waals surface area contributed by atoms with Crippen molar-refractivity contribution < 1.29 is 4.79 Å². The molecule has 8 heteroatoms. The second-order valence-corrected chi connectivity index (χ2v) is 5.92. The Labute approximate surface area is 124 Å². The van der Waals surface area contributed by atoms with Gasteiger partial charge in [0.1, 0.15) is 4.88 Å². The number of carbonyl (C=O) groups is 1. The van der Waals surface area contributed by atoms with Gasteiger partial charge in [0, 0.05) is 0 Å². The van der Waals surface area contributed by atoms with Crippen LogP contribution in [0.25, 0.3) is 0 Å². The highest BCUT2D eigenvalue weighted by Crippen LogP contribution is 2.22. The Morgan fingerprint density at radius 2 is 2.35 bits per heavy atom. The van der Waals surface area contributed by atoms with Gasteiger partial charge in [-0.1, -0.05) is 41.5 Å². The molecule has 6 nitrogen and oxygen atoms in total. The molecule has 0 aliphatic rings. The van der Waals surface area contributed by atoms with Crippen LogP contribution in [-0.2, 0) is 0 Å². The minimum Gasteiger partial charge on any atom is -0.320 e. The summed E-state index contributed by atoms with van der Waals surface area (Å²) in [6.45, 7) is 4.23. The van der Waals surface area contributed by atoms with Crippen LogP contribution < -0.4 is 11.1 Å². The van der Waals surface area contributed by atoms with E-state index >= 15 is 0 Å². The van der Waals surface area contributed by atoms with Crippen LogP contribution in [0.15, 0.2) is 6.20 Å². The van der Waals surface area contributed by atoms with Crippen LogP contribution in [0, 0.1) is 11.8 Å². The molecule has 2 aromatic heterocycles. The van der Waals surface area contributed by atoms with Crippen LogP contribution in [-0.4, -0.2) is 27.0 Å². The highest BCUT2D eigenvalue weighted by atomic mass is 32.1. The van der Waals surface area contributed by atoms with Crippen molar-refractivity contribution in [2.45, 2.75) is 19.8 Å². The first-order chi connectivity index (χ1) is 9.61. The molecule has 20 heavy (non-hydrogen) atoms. The van der Waals surface area contributed by atoms with Crippen LogP contribution in [0.2, 0.25) is 0 Å². The lowest BCUT2D eigenvalue weighted by atomic mass is 10.1. The number of anilines is 1. The zero-order valence-electron chi connectivity index (χ0n) is 11.0. The van der Waals surface area contributed by atoms with Gasteiger partial charge in [0.05, 0.1) is 23.3 Å². The van der Waals surface area contributed by atoms with Gasteiger partial charge in [-0.2, -0.15) is 0 Å². The van der Waals surface area contributed by atoms with E-state index in [2.05, 4.69) is 31.7 Å². The smallest absolute Gasteiger partial charge is 0.271 e. The molecule has 0 aliphatic carbocycles. The predicted octanol–water partition coefficient (Wildman–Crippen LogP) is 1.68. The molecule has 0 saturated heterocycles. The summed E-state index contributed by atoms with van der Waals surface area (Å²) in [4.78, 5) is 17.5. The first-order valence-electron chi connectivity index (χ1n) is 5.90. The maximum atomic E-state index is 12.2.